The quantitative estimate of drug-likeness (QED) is 0.719. The third kappa shape index (κ3) is 4.40. The predicted molar refractivity (Wildman–Crippen MR) is 99.7 cm³/mol. The summed E-state index contributed by atoms with van der Waals surface area (Å²) in [6.45, 7) is 2.44. The van der Waals surface area contributed by atoms with Gasteiger partial charge in [0.1, 0.15) is 5.75 Å². The average molecular weight is 353 g/mol. The molecule has 2 aromatic carbocycles. The number of phenolic OH excluding ortho intramolecular Hbond substituents is 1. The van der Waals surface area contributed by atoms with E-state index in [1.54, 1.807) is 36.4 Å². The minimum absolute atomic E-state index is 0.0445. The molecule has 1 aliphatic heterocycles. The van der Waals surface area contributed by atoms with E-state index in [0.29, 0.717) is 11.3 Å². The lowest BCUT2D eigenvalue weighted by Gasteiger charge is -2.31. The van der Waals surface area contributed by atoms with Crippen molar-refractivity contribution in [3.63, 3.8) is 0 Å². The normalized spacial score (nSPS) is 15.5. The Kier molecular flexibility index (Phi) is 5.53. The number of piperidine rings is 1. The monoisotopic (exact) mass is 353 g/mol. The maximum Gasteiger partial charge on any atom is 0.248 e. The number of nitrogens with one attached hydrogen (secondary N) is 1. The number of nitrogens with two attached hydrogens (primary N) is 1. The second-order valence-corrected chi connectivity index (χ2v) is 6.62. The van der Waals surface area contributed by atoms with Gasteiger partial charge in [-0.3, -0.25) is 14.5 Å². The SMILES string of the molecule is NC(=O)c1ccc(CN2CCC(C(=O)Nc3ccccc3O)CC2)cc1. The van der Waals surface area contributed by atoms with Crippen molar-refractivity contribution in [1.29, 1.82) is 0 Å². The summed E-state index contributed by atoms with van der Waals surface area (Å²) in [7, 11) is 0. The largest absolute Gasteiger partial charge is 0.506 e. The fraction of sp³-hybridized carbons (Fsp3) is 0.300. The van der Waals surface area contributed by atoms with Crippen LogP contribution in [0.2, 0.25) is 0 Å². The first kappa shape index (κ1) is 17.9. The van der Waals surface area contributed by atoms with Crippen molar-refractivity contribution in [2.24, 2.45) is 11.7 Å². The van der Waals surface area contributed by atoms with Gasteiger partial charge in [0, 0.05) is 18.0 Å². The first-order valence-electron chi connectivity index (χ1n) is 8.73. The number of anilines is 1. The highest BCUT2D eigenvalue weighted by molar-refractivity contribution is 5.94. The molecule has 1 saturated heterocycles. The number of carbonyl (C=O) groups is 2. The van der Waals surface area contributed by atoms with Gasteiger partial charge in [0.15, 0.2) is 0 Å². The minimum atomic E-state index is -0.423. The Hall–Kier alpha value is -2.86. The molecule has 0 unspecified atom stereocenters. The van der Waals surface area contributed by atoms with Crippen LogP contribution in [0, 0.1) is 5.92 Å². The van der Waals surface area contributed by atoms with Gasteiger partial charge in [-0.2, -0.15) is 0 Å². The van der Waals surface area contributed by atoms with E-state index in [-0.39, 0.29) is 17.6 Å². The number of para-hydroxylation sites is 2. The number of hydrogen-bond acceptors (Lipinski definition) is 4. The molecule has 136 valence electrons. The second-order valence-electron chi connectivity index (χ2n) is 6.62. The van der Waals surface area contributed by atoms with Gasteiger partial charge in [-0.1, -0.05) is 24.3 Å². The van der Waals surface area contributed by atoms with Gasteiger partial charge in [-0.15, -0.1) is 0 Å². The van der Waals surface area contributed by atoms with Crippen LogP contribution in [0.15, 0.2) is 48.5 Å². The fourth-order valence-corrected chi connectivity index (χ4v) is 3.20. The summed E-state index contributed by atoms with van der Waals surface area (Å²) >= 11 is 0. The zero-order valence-electron chi connectivity index (χ0n) is 14.5. The van der Waals surface area contributed by atoms with E-state index in [1.807, 2.05) is 12.1 Å². The average Bonchev–Trinajstić information content (AvgIpc) is 2.64. The number of primary amides is 1. The first-order chi connectivity index (χ1) is 12.5. The molecule has 4 N–H and O–H groups in total. The summed E-state index contributed by atoms with van der Waals surface area (Å²) in [5.74, 6) is -0.439. The van der Waals surface area contributed by atoms with Crippen LogP contribution >= 0.6 is 0 Å². The van der Waals surface area contributed by atoms with Crippen LogP contribution in [0.3, 0.4) is 0 Å². The standard InChI is InChI=1S/C20H23N3O3/c21-19(25)15-7-5-14(6-8-15)13-23-11-9-16(10-12-23)20(26)22-17-3-1-2-4-18(17)24/h1-8,16,24H,9-13H2,(H2,21,25)(H,22,26). The molecule has 6 heteroatoms. The van der Waals surface area contributed by atoms with Crippen molar-refractivity contribution in [3.8, 4) is 5.75 Å². The first-order valence-corrected chi connectivity index (χ1v) is 8.73. The smallest absolute Gasteiger partial charge is 0.248 e. The van der Waals surface area contributed by atoms with Crippen LogP contribution < -0.4 is 11.1 Å². The number of benzene rings is 2. The molecule has 0 bridgehead atoms. The van der Waals surface area contributed by atoms with Crippen LogP contribution in [-0.4, -0.2) is 34.9 Å². The van der Waals surface area contributed by atoms with Gasteiger partial charge >= 0.3 is 0 Å². The number of phenols is 1. The summed E-state index contributed by atoms with van der Waals surface area (Å²) < 4.78 is 0. The molecule has 1 aliphatic rings. The molecule has 0 aromatic heterocycles. The molecule has 26 heavy (non-hydrogen) atoms. The summed E-state index contributed by atoms with van der Waals surface area (Å²) in [5, 5.41) is 12.6. The lowest BCUT2D eigenvalue weighted by molar-refractivity contribution is -0.121. The number of amides is 2. The highest BCUT2D eigenvalue weighted by Crippen LogP contribution is 2.25. The number of carbonyl (C=O) groups excluding carboxylic acids is 2. The molecule has 6 nitrogen and oxygen atoms in total. The fourth-order valence-electron chi connectivity index (χ4n) is 3.20. The van der Waals surface area contributed by atoms with Crippen LogP contribution in [0.5, 0.6) is 5.75 Å². The molecule has 0 saturated carbocycles. The Labute approximate surface area is 152 Å². The van der Waals surface area contributed by atoms with Crippen LogP contribution in [-0.2, 0) is 11.3 Å². The Morgan fingerprint density at radius 2 is 1.73 bits per heavy atom. The minimum Gasteiger partial charge on any atom is -0.506 e. The van der Waals surface area contributed by atoms with Gasteiger partial charge in [0.05, 0.1) is 5.69 Å². The highest BCUT2D eigenvalue weighted by Gasteiger charge is 2.25. The molecule has 1 fully saturated rings. The zero-order chi connectivity index (χ0) is 18.5. The van der Waals surface area contributed by atoms with Crippen molar-refractivity contribution in [1.82, 2.24) is 4.90 Å². The number of hydrogen-bond donors (Lipinski definition) is 3. The topological polar surface area (TPSA) is 95.7 Å². The molecule has 2 aromatic rings. The summed E-state index contributed by atoms with van der Waals surface area (Å²) in [4.78, 5) is 25.8. The third-order valence-corrected chi connectivity index (χ3v) is 4.76. The van der Waals surface area contributed by atoms with E-state index >= 15 is 0 Å². The molecule has 0 radical (unpaired) electrons. The predicted octanol–water partition coefficient (Wildman–Crippen LogP) is 2.34. The summed E-state index contributed by atoms with van der Waals surface area (Å²) in [5.41, 5.74) is 7.33. The maximum atomic E-state index is 12.4. The number of nitrogens with zero attached hydrogens (tertiary/aromatic N) is 1. The van der Waals surface area contributed by atoms with Gasteiger partial charge in [-0.05, 0) is 55.8 Å². The van der Waals surface area contributed by atoms with Crippen molar-refractivity contribution < 1.29 is 14.7 Å². The number of likely N-dealkylation sites (tertiary alicyclic amines) is 1. The van der Waals surface area contributed by atoms with E-state index in [1.165, 1.54) is 0 Å². The summed E-state index contributed by atoms with van der Waals surface area (Å²) in [6, 6.07) is 14.1. The lowest BCUT2D eigenvalue weighted by atomic mass is 9.95. The zero-order valence-corrected chi connectivity index (χ0v) is 14.5. The maximum absolute atomic E-state index is 12.4. The van der Waals surface area contributed by atoms with E-state index in [9.17, 15) is 14.7 Å². The Balaban J connectivity index is 1.50. The molecular formula is C20H23N3O3. The van der Waals surface area contributed by atoms with E-state index in [0.717, 1.165) is 38.0 Å². The molecule has 0 spiro atoms. The van der Waals surface area contributed by atoms with Crippen LogP contribution in [0.1, 0.15) is 28.8 Å². The molecule has 0 aliphatic carbocycles. The Bertz CT molecular complexity index is 781. The molecule has 0 atom stereocenters. The third-order valence-electron chi connectivity index (χ3n) is 4.76. The van der Waals surface area contributed by atoms with Gasteiger partial charge < -0.3 is 16.2 Å². The van der Waals surface area contributed by atoms with E-state index < -0.39 is 5.91 Å². The van der Waals surface area contributed by atoms with Crippen molar-refractivity contribution in [3.05, 3.63) is 59.7 Å². The van der Waals surface area contributed by atoms with Gasteiger partial charge in [0.25, 0.3) is 0 Å². The van der Waals surface area contributed by atoms with Gasteiger partial charge in [0.2, 0.25) is 11.8 Å². The van der Waals surface area contributed by atoms with Gasteiger partial charge in [-0.25, -0.2) is 0 Å². The molecule has 2 amide bonds. The van der Waals surface area contributed by atoms with E-state index in [4.69, 9.17) is 5.73 Å². The molecule has 3 rings (SSSR count). The van der Waals surface area contributed by atoms with Crippen molar-refractivity contribution in [2.45, 2.75) is 19.4 Å². The second kappa shape index (κ2) is 8.01. The van der Waals surface area contributed by atoms with E-state index in [2.05, 4.69) is 10.2 Å². The van der Waals surface area contributed by atoms with Crippen molar-refractivity contribution >= 4 is 17.5 Å². The Morgan fingerprint density at radius 1 is 1.08 bits per heavy atom. The summed E-state index contributed by atoms with van der Waals surface area (Å²) in [6.07, 6.45) is 1.55. The molecular weight excluding hydrogens is 330 g/mol. The van der Waals surface area contributed by atoms with Crippen LogP contribution in [0.4, 0.5) is 5.69 Å². The van der Waals surface area contributed by atoms with Crippen molar-refractivity contribution in [2.75, 3.05) is 18.4 Å². The lowest BCUT2D eigenvalue weighted by Crippen LogP contribution is -2.37. The highest BCUT2D eigenvalue weighted by atomic mass is 16.3. The Morgan fingerprint density at radius 3 is 2.35 bits per heavy atom. The number of aromatic hydroxyl groups is 1. The van der Waals surface area contributed by atoms with Crippen LogP contribution in [0.25, 0.3) is 0 Å². The molecule has 1 heterocycles. The number of rotatable bonds is 5.